The normalized spacial score (nSPS) is 22.7. The van der Waals surface area contributed by atoms with Crippen LogP contribution in [0.4, 0.5) is 10.1 Å². The Morgan fingerprint density at radius 3 is 3.05 bits per heavy atom. The first kappa shape index (κ1) is 12.6. The number of nitrogens with zero attached hydrogens (tertiary/aromatic N) is 1. The van der Waals surface area contributed by atoms with E-state index in [1.807, 2.05) is 6.07 Å². The van der Waals surface area contributed by atoms with Crippen molar-refractivity contribution < 1.29 is 9.18 Å². The van der Waals surface area contributed by atoms with Gasteiger partial charge in [-0.25, -0.2) is 4.39 Å². The lowest BCUT2D eigenvalue weighted by atomic mass is 9.91. The number of halogens is 1. The van der Waals surface area contributed by atoms with Gasteiger partial charge in [0.2, 0.25) is 5.91 Å². The topological polar surface area (TPSA) is 32.3 Å². The Bertz CT molecular complexity index is 509. The highest BCUT2D eigenvalue weighted by Crippen LogP contribution is 2.32. The quantitative estimate of drug-likeness (QED) is 0.882. The van der Waals surface area contributed by atoms with Crippen LogP contribution in [-0.2, 0) is 17.6 Å². The van der Waals surface area contributed by atoms with Gasteiger partial charge in [-0.1, -0.05) is 6.07 Å². The van der Waals surface area contributed by atoms with E-state index in [1.54, 1.807) is 13.1 Å². The number of carbonyl (C=O) groups excluding carboxylic acids is 1. The Morgan fingerprint density at radius 1 is 1.47 bits per heavy atom. The van der Waals surface area contributed by atoms with E-state index in [1.165, 1.54) is 17.7 Å². The largest absolute Gasteiger partial charge is 0.316 e. The van der Waals surface area contributed by atoms with Crippen LogP contribution >= 0.6 is 0 Å². The smallest absolute Gasteiger partial charge is 0.231 e. The molecule has 19 heavy (non-hydrogen) atoms. The van der Waals surface area contributed by atoms with E-state index in [-0.39, 0.29) is 11.7 Å². The first-order valence-electron chi connectivity index (χ1n) is 6.93. The molecule has 102 valence electrons. The average Bonchev–Trinajstić information content (AvgIpc) is 2.66. The molecule has 0 saturated carbocycles. The van der Waals surface area contributed by atoms with Crippen molar-refractivity contribution in [3.63, 3.8) is 0 Å². The summed E-state index contributed by atoms with van der Waals surface area (Å²) < 4.78 is 14.1. The van der Waals surface area contributed by atoms with Crippen LogP contribution in [0.15, 0.2) is 12.1 Å². The van der Waals surface area contributed by atoms with E-state index in [9.17, 15) is 9.18 Å². The second-order valence-electron chi connectivity index (χ2n) is 5.63. The van der Waals surface area contributed by atoms with Gasteiger partial charge in [0.05, 0.1) is 12.1 Å². The third-order valence-electron chi connectivity index (χ3n) is 4.18. The summed E-state index contributed by atoms with van der Waals surface area (Å²) in [4.78, 5) is 13.1. The predicted molar refractivity (Wildman–Crippen MR) is 72.8 cm³/mol. The van der Waals surface area contributed by atoms with E-state index in [4.69, 9.17) is 0 Å². The highest BCUT2D eigenvalue weighted by atomic mass is 19.1. The molecule has 1 atom stereocenters. The molecule has 0 radical (unpaired) electrons. The fraction of sp³-hybridized carbons (Fsp3) is 0.533. The molecule has 1 amide bonds. The highest BCUT2D eigenvalue weighted by molar-refractivity contribution is 6.01. The number of hydrogen-bond donors (Lipinski definition) is 1. The predicted octanol–water partition coefficient (Wildman–Crippen LogP) is 1.89. The number of fused-ring (bicyclic) bond motifs is 1. The van der Waals surface area contributed by atoms with Gasteiger partial charge in [-0.15, -0.1) is 0 Å². The van der Waals surface area contributed by atoms with Crippen LogP contribution in [0.3, 0.4) is 0 Å². The molecular formula is C15H19FN2O. The molecular weight excluding hydrogens is 243 g/mol. The minimum Gasteiger partial charge on any atom is -0.316 e. The standard InChI is InChI=1S/C15H19FN2O/c1-18-14(19)8-12-6-11(7-13(16)15(12)18)5-10-3-2-4-17-9-10/h6-7,10,17H,2-5,8-9H2,1H3. The lowest BCUT2D eigenvalue weighted by Crippen LogP contribution is -2.30. The molecule has 2 heterocycles. The molecule has 0 aromatic heterocycles. The zero-order chi connectivity index (χ0) is 13.4. The monoisotopic (exact) mass is 262 g/mol. The molecule has 1 aromatic rings. The van der Waals surface area contributed by atoms with E-state index in [2.05, 4.69) is 5.32 Å². The zero-order valence-corrected chi connectivity index (χ0v) is 11.2. The highest BCUT2D eigenvalue weighted by Gasteiger charge is 2.28. The molecule has 2 aliphatic heterocycles. The Kier molecular flexibility index (Phi) is 3.27. The maximum absolute atomic E-state index is 14.1. The van der Waals surface area contributed by atoms with Crippen molar-refractivity contribution >= 4 is 11.6 Å². The molecule has 2 aliphatic rings. The van der Waals surface area contributed by atoms with Crippen LogP contribution in [0.1, 0.15) is 24.0 Å². The van der Waals surface area contributed by atoms with Crippen molar-refractivity contribution in [2.75, 3.05) is 25.0 Å². The van der Waals surface area contributed by atoms with Crippen LogP contribution in [0, 0.1) is 11.7 Å². The molecule has 0 bridgehead atoms. The second-order valence-corrected chi connectivity index (χ2v) is 5.63. The van der Waals surface area contributed by atoms with Crippen molar-refractivity contribution in [3.8, 4) is 0 Å². The van der Waals surface area contributed by atoms with Crippen LogP contribution < -0.4 is 10.2 Å². The van der Waals surface area contributed by atoms with Gasteiger partial charge < -0.3 is 10.2 Å². The number of rotatable bonds is 2. The van der Waals surface area contributed by atoms with Gasteiger partial charge in [-0.05, 0) is 55.5 Å². The summed E-state index contributed by atoms with van der Waals surface area (Å²) in [7, 11) is 1.64. The molecule has 1 fully saturated rings. The Balaban J connectivity index is 1.83. The van der Waals surface area contributed by atoms with Gasteiger partial charge in [-0.3, -0.25) is 4.79 Å². The maximum Gasteiger partial charge on any atom is 0.231 e. The van der Waals surface area contributed by atoms with Crippen LogP contribution in [0.25, 0.3) is 0 Å². The Hall–Kier alpha value is -1.42. The van der Waals surface area contributed by atoms with Gasteiger partial charge in [0, 0.05) is 7.05 Å². The molecule has 1 aromatic carbocycles. The number of benzene rings is 1. The second kappa shape index (κ2) is 4.93. The summed E-state index contributed by atoms with van der Waals surface area (Å²) in [5.74, 6) is 0.302. The summed E-state index contributed by atoms with van der Waals surface area (Å²) in [6.45, 7) is 2.10. The summed E-state index contributed by atoms with van der Waals surface area (Å²) in [5.41, 5.74) is 2.33. The van der Waals surface area contributed by atoms with Gasteiger partial charge >= 0.3 is 0 Å². The molecule has 1 unspecified atom stereocenters. The number of nitrogens with one attached hydrogen (secondary N) is 1. The van der Waals surface area contributed by atoms with E-state index in [0.29, 0.717) is 18.0 Å². The summed E-state index contributed by atoms with van der Waals surface area (Å²) in [5, 5.41) is 3.38. The zero-order valence-electron chi connectivity index (χ0n) is 11.2. The van der Waals surface area contributed by atoms with Gasteiger partial charge in [0.1, 0.15) is 5.82 Å². The fourth-order valence-electron chi connectivity index (χ4n) is 3.18. The van der Waals surface area contributed by atoms with E-state index >= 15 is 0 Å². The molecule has 1 N–H and O–H groups in total. The molecule has 0 spiro atoms. The van der Waals surface area contributed by atoms with Gasteiger partial charge in [0.25, 0.3) is 0 Å². The minimum atomic E-state index is -0.260. The van der Waals surface area contributed by atoms with Gasteiger partial charge in [-0.2, -0.15) is 0 Å². The maximum atomic E-state index is 14.1. The molecule has 4 heteroatoms. The summed E-state index contributed by atoms with van der Waals surface area (Å²) in [6.07, 6.45) is 3.62. The van der Waals surface area contributed by atoms with Crippen molar-refractivity contribution in [1.82, 2.24) is 5.32 Å². The number of piperidine rings is 1. The third-order valence-corrected chi connectivity index (χ3v) is 4.18. The van der Waals surface area contributed by atoms with E-state index < -0.39 is 0 Å². The van der Waals surface area contributed by atoms with Crippen molar-refractivity contribution in [1.29, 1.82) is 0 Å². The number of amides is 1. The Labute approximate surface area is 112 Å². The van der Waals surface area contributed by atoms with Crippen molar-refractivity contribution in [3.05, 3.63) is 29.1 Å². The fourth-order valence-corrected chi connectivity index (χ4v) is 3.18. The first-order chi connectivity index (χ1) is 9.15. The SMILES string of the molecule is CN1C(=O)Cc2cc(CC3CCCNC3)cc(F)c21. The average molecular weight is 262 g/mol. The number of likely N-dealkylation sites (N-methyl/N-ethyl adjacent to an activating group) is 1. The summed E-state index contributed by atoms with van der Waals surface area (Å²) >= 11 is 0. The third kappa shape index (κ3) is 2.37. The molecule has 3 nitrogen and oxygen atoms in total. The van der Waals surface area contributed by atoms with Crippen LogP contribution in [0.5, 0.6) is 0 Å². The van der Waals surface area contributed by atoms with Gasteiger partial charge in [0.15, 0.2) is 0 Å². The number of hydrogen-bond acceptors (Lipinski definition) is 2. The number of carbonyl (C=O) groups is 1. The number of anilines is 1. The Morgan fingerprint density at radius 2 is 2.32 bits per heavy atom. The first-order valence-corrected chi connectivity index (χ1v) is 6.93. The molecule has 1 saturated heterocycles. The molecule has 0 aliphatic carbocycles. The summed E-state index contributed by atoms with van der Waals surface area (Å²) in [6, 6.07) is 3.61. The molecule has 3 rings (SSSR count). The minimum absolute atomic E-state index is 0.0228. The van der Waals surface area contributed by atoms with Crippen molar-refractivity contribution in [2.45, 2.75) is 25.7 Å². The van der Waals surface area contributed by atoms with Crippen LogP contribution in [0.2, 0.25) is 0 Å². The lowest BCUT2D eigenvalue weighted by molar-refractivity contribution is -0.117. The van der Waals surface area contributed by atoms with Crippen molar-refractivity contribution in [2.24, 2.45) is 5.92 Å². The van der Waals surface area contributed by atoms with E-state index in [0.717, 1.165) is 30.6 Å². The lowest BCUT2D eigenvalue weighted by Gasteiger charge is -2.23. The van der Waals surface area contributed by atoms with Crippen LogP contribution in [-0.4, -0.2) is 26.0 Å².